The highest BCUT2D eigenvalue weighted by Crippen LogP contribution is 2.21. The molecule has 1 heterocycles. The molecule has 0 fully saturated rings. The molecule has 0 unspecified atom stereocenters. The van der Waals surface area contributed by atoms with Crippen LogP contribution in [0.15, 0.2) is 53.7 Å². The molecule has 3 rings (SSSR count). The predicted molar refractivity (Wildman–Crippen MR) is 98.9 cm³/mol. The fourth-order valence-electron chi connectivity index (χ4n) is 2.24. The molecule has 128 valence electrons. The van der Waals surface area contributed by atoms with E-state index in [0.29, 0.717) is 16.7 Å². The third-order valence-electron chi connectivity index (χ3n) is 3.47. The van der Waals surface area contributed by atoms with Gasteiger partial charge in [0.1, 0.15) is 0 Å². The Hall–Kier alpha value is -2.38. The lowest BCUT2D eigenvalue weighted by atomic mass is 10.2. The lowest BCUT2D eigenvalue weighted by Crippen LogP contribution is -2.15. The molecule has 3 aromatic rings. The van der Waals surface area contributed by atoms with Gasteiger partial charge in [-0.15, -0.1) is 5.10 Å². The van der Waals surface area contributed by atoms with E-state index in [-0.39, 0.29) is 11.7 Å². The Morgan fingerprint density at radius 3 is 2.80 bits per heavy atom. The van der Waals surface area contributed by atoms with Crippen LogP contribution in [0.3, 0.4) is 0 Å². The largest absolute Gasteiger partial charge is 0.325 e. The maximum absolute atomic E-state index is 12.2. The van der Waals surface area contributed by atoms with Crippen molar-refractivity contribution in [3.05, 3.63) is 64.7 Å². The van der Waals surface area contributed by atoms with Crippen LogP contribution in [-0.2, 0) is 11.3 Å². The van der Waals surface area contributed by atoms with Crippen LogP contribution in [0.2, 0.25) is 5.02 Å². The number of nitrogens with one attached hydrogen (secondary N) is 1. The Morgan fingerprint density at radius 2 is 2.04 bits per heavy atom. The van der Waals surface area contributed by atoms with Crippen LogP contribution in [0.5, 0.6) is 0 Å². The van der Waals surface area contributed by atoms with Crippen molar-refractivity contribution in [3.63, 3.8) is 0 Å². The first-order chi connectivity index (χ1) is 12.1. The Kier molecular flexibility index (Phi) is 5.67. The lowest BCUT2D eigenvalue weighted by molar-refractivity contribution is -0.113. The first-order valence-corrected chi connectivity index (χ1v) is 8.97. The van der Waals surface area contributed by atoms with Gasteiger partial charge < -0.3 is 5.32 Å². The maximum Gasteiger partial charge on any atom is 0.234 e. The lowest BCUT2D eigenvalue weighted by Gasteiger charge is -2.08. The summed E-state index contributed by atoms with van der Waals surface area (Å²) >= 11 is 7.22. The summed E-state index contributed by atoms with van der Waals surface area (Å²) in [5.74, 6) is 0.0988. The van der Waals surface area contributed by atoms with Crippen molar-refractivity contribution in [2.75, 3.05) is 11.1 Å². The second-order valence-corrected chi connectivity index (χ2v) is 6.78. The summed E-state index contributed by atoms with van der Waals surface area (Å²) in [6.45, 7) is 2.46. The monoisotopic (exact) mass is 373 g/mol. The number of amides is 1. The molecular formula is C17H16ClN5OS. The van der Waals surface area contributed by atoms with E-state index < -0.39 is 0 Å². The van der Waals surface area contributed by atoms with Crippen LogP contribution in [-0.4, -0.2) is 31.9 Å². The molecule has 1 N–H and O–H groups in total. The molecule has 0 saturated heterocycles. The number of aromatic nitrogens is 4. The van der Waals surface area contributed by atoms with E-state index in [1.165, 1.54) is 11.8 Å². The summed E-state index contributed by atoms with van der Waals surface area (Å²) in [4.78, 5) is 12.2. The van der Waals surface area contributed by atoms with Crippen molar-refractivity contribution >= 4 is 35.0 Å². The molecule has 6 nitrogen and oxygen atoms in total. The predicted octanol–water partition coefficient (Wildman–Crippen LogP) is 3.41. The summed E-state index contributed by atoms with van der Waals surface area (Å²) in [6.07, 6.45) is 0. The van der Waals surface area contributed by atoms with E-state index in [9.17, 15) is 4.79 Å². The summed E-state index contributed by atoms with van der Waals surface area (Å²) in [5.41, 5.74) is 2.76. The van der Waals surface area contributed by atoms with Crippen LogP contribution in [0.1, 0.15) is 11.1 Å². The molecule has 0 bridgehead atoms. The number of tetrazole rings is 1. The standard InChI is InChI=1S/C17H16ClN5OS/c1-12-9-14(18)7-8-15(12)19-16(24)11-25-17-20-21-22-23(17)10-13-5-3-2-4-6-13/h2-9H,10-11H2,1H3,(H,19,24). The van der Waals surface area contributed by atoms with Gasteiger partial charge in [-0.05, 0) is 46.7 Å². The average molecular weight is 374 g/mol. The van der Waals surface area contributed by atoms with Gasteiger partial charge >= 0.3 is 0 Å². The molecule has 0 spiro atoms. The van der Waals surface area contributed by atoms with Gasteiger partial charge in [0, 0.05) is 10.7 Å². The van der Waals surface area contributed by atoms with Crippen LogP contribution in [0.25, 0.3) is 0 Å². The Labute approximate surface area is 154 Å². The topological polar surface area (TPSA) is 72.7 Å². The maximum atomic E-state index is 12.2. The number of halogens is 1. The van der Waals surface area contributed by atoms with E-state index in [0.717, 1.165) is 16.8 Å². The molecule has 0 saturated carbocycles. The van der Waals surface area contributed by atoms with Gasteiger partial charge in [0.15, 0.2) is 0 Å². The third-order valence-corrected chi connectivity index (χ3v) is 4.66. The Balaban J connectivity index is 1.58. The third kappa shape index (κ3) is 4.80. The fraction of sp³-hybridized carbons (Fsp3) is 0.176. The molecule has 1 amide bonds. The van der Waals surface area contributed by atoms with E-state index in [1.54, 1.807) is 16.8 Å². The van der Waals surface area contributed by atoms with E-state index in [4.69, 9.17) is 11.6 Å². The molecule has 2 aromatic carbocycles. The van der Waals surface area contributed by atoms with Gasteiger partial charge in [-0.2, -0.15) is 0 Å². The second kappa shape index (κ2) is 8.13. The molecule has 0 radical (unpaired) electrons. The Bertz CT molecular complexity index is 868. The fourth-order valence-corrected chi connectivity index (χ4v) is 3.14. The van der Waals surface area contributed by atoms with Gasteiger partial charge in [-0.25, -0.2) is 4.68 Å². The SMILES string of the molecule is Cc1cc(Cl)ccc1NC(=O)CSc1nnnn1Cc1ccccc1. The van der Waals surface area contributed by atoms with Crippen LogP contribution < -0.4 is 5.32 Å². The highest BCUT2D eigenvalue weighted by atomic mass is 35.5. The second-order valence-electron chi connectivity index (χ2n) is 5.40. The number of rotatable bonds is 6. The number of hydrogen-bond donors (Lipinski definition) is 1. The van der Waals surface area contributed by atoms with Crippen molar-refractivity contribution in [1.29, 1.82) is 0 Å². The number of carbonyl (C=O) groups is 1. The summed E-state index contributed by atoms with van der Waals surface area (Å²) in [6, 6.07) is 15.3. The average Bonchev–Trinajstić information content (AvgIpc) is 3.03. The molecule has 8 heteroatoms. The van der Waals surface area contributed by atoms with Gasteiger partial charge in [0.2, 0.25) is 11.1 Å². The molecule has 0 aliphatic rings. The summed E-state index contributed by atoms with van der Waals surface area (Å²) < 4.78 is 1.68. The van der Waals surface area contributed by atoms with Gasteiger partial charge in [-0.1, -0.05) is 53.7 Å². The Morgan fingerprint density at radius 1 is 1.24 bits per heavy atom. The zero-order valence-electron chi connectivity index (χ0n) is 13.5. The number of carbonyl (C=O) groups excluding carboxylic acids is 1. The smallest absolute Gasteiger partial charge is 0.234 e. The quantitative estimate of drug-likeness (QED) is 0.670. The number of benzene rings is 2. The molecule has 1 aromatic heterocycles. The van der Waals surface area contributed by atoms with Gasteiger partial charge in [0.05, 0.1) is 12.3 Å². The summed E-state index contributed by atoms with van der Waals surface area (Å²) in [7, 11) is 0. The van der Waals surface area contributed by atoms with E-state index in [1.807, 2.05) is 43.3 Å². The molecule has 0 aliphatic heterocycles. The minimum atomic E-state index is -0.121. The number of nitrogens with zero attached hydrogens (tertiary/aromatic N) is 4. The van der Waals surface area contributed by atoms with Crippen LogP contribution in [0, 0.1) is 6.92 Å². The van der Waals surface area contributed by atoms with Crippen LogP contribution in [0.4, 0.5) is 5.69 Å². The molecule has 0 atom stereocenters. The minimum absolute atomic E-state index is 0.121. The minimum Gasteiger partial charge on any atom is -0.325 e. The number of hydrogen-bond acceptors (Lipinski definition) is 5. The highest BCUT2D eigenvalue weighted by molar-refractivity contribution is 7.99. The van der Waals surface area contributed by atoms with Crippen molar-refractivity contribution in [2.45, 2.75) is 18.6 Å². The van der Waals surface area contributed by atoms with Crippen molar-refractivity contribution in [3.8, 4) is 0 Å². The zero-order valence-corrected chi connectivity index (χ0v) is 15.1. The normalized spacial score (nSPS) is 10.6. The molecule has 0 aliphatic carbocycles. The first-order valence-electron chi connectivity index (χ1n) is 7.61. The number of anilines is 1. The van der Waals surface area contributed by atoms with Gasteiger partial charge in [-0.3, -0.25) is 4.79 Å². The summed E-state index contributed by atoms with van der Waals surface area (Å²) in [5, 5.41) is 15.8. The van der Waals surface area contributed by atoms with E-state index in [2.05, 4.69) is 20.8 Å². The number of aryl methyl sites for hydroxylation is 1. The first kappa shape index (κ1) is 17.4. The number of thioether (sulfide) groups is 1. The van der Waals surface area contributed by atoms with Crippen molar-refractivity contribution < 1.29 is 4.79 Å². The van der Waals surface area contributed by atoms with E-state index >= 15 is 0 Å². The van der Waals surface area contributed by atoms with Crippen LogP contribution >= 0.6 is 23.4 Å². The highest BCUT2D eigenvalue weighted by Gasteiger charge is 2.11. The van der Waals surface area contributed by atoms with Crippen molar-refractivity contribution in [2.24, 2.45) is 0 Å². The van der Waals surface area contributed by atoms with Crippen molar-refractivity contribution in [1.82, 2.24) is 20.2 Å². The molecule has 25 heavy (non-hydrogen) atoms. The van der Waals surface area contributed by atoms with Gasteiger partial charge in [0.25, 0.3) is 0 Å². The zero-order chi connectivity index (χ0) is 17.6. The molecular weight excluding hydrogens is 358 g/mol.